The topological polar surface area (TPSA) is 18.5 Å². The molecule has 0 aromatic heterocycles. The Bertz CT molecular complexity index is 984. The van der Waals surface area contributed by atoms with Crippen molar-refractivity contribution in [3.63, 3.8) is 0 Å². The molecule has 0 saturated carbocycles. The summed E-state index contributed by atoms with van der Waals surface area (Å²) in [5.74, 6) is 1.78. The van der Waals surface area contributed by atoms with Crippen LogP contribution in [0.3, 0.4) is 0 Å². The zero-order chi connectivity index (χ0) is 21.5. The Labute approximate surface area is 191 Å². The Morgan fingerprint density at radius 2 is 0.839 bits per heavy atom. The maximum atomic E-state index is 6.89. The van der Waals surface area contributed by atoms with Crippen LogP contribution < -0.4 is 5.63 Å². The molecule has 0 unspecified atom stereocenters. The molecule has 0 N–H and O–H groups in total. The van der Waals surface area contributed by atoms with Gasteiger partial charge in [-0.05, 0) is 0 Å². The van der Waals surface area contributed by atoms with Gasteiger partial charge in [-0.2, -0.15) is 0 Å². The fraction of sp³-hybridized carbons (Fsp3) is 0.143. The van der Waals surface area contributed by atoms with Gasteiger partial charge in [-0.15, -0.1) is 0 Å². The van der Waals surface area contributed by atoms with E-state index in [-0.39, 0.29) is 0 Å². The molecule has 2 nitrogen and oxygen atoms in total. The molecule has 4 aromatic rings. The molecule has 4 rings (SSSR count). The zero-order valence-electron chi connectivity index (χ0n) is 18.1. The summed E-state index contributed by atoms with van der Waals surface area (Å²) in [6.07, 6.45) is 0. The van der Waals surface area contributed by atoms with Gasteiger partial charge in [0.05, 0.1) is 0 Å². The van der Waals surface area contributed by atoms with Crippen molar-refractivity contribution in [2.75, 3.05) is 0 Å². The molecule has 31 heavy (non-hydrogen) atoms. The van der Waals surface area contributed by atoms with Gasteiger partial charge in [0, 0.05) is 0 Å². The Hall–Kier alpha value is -2.64. The second-order valence-corrected chi connectivity index (χ2v) is 15.3. The van der Waals surface area contributed by atoms with Gasteiger partial charge in [0.1, 0.15) is 0 Å². The van der Waals surface area contributed by atoms with Crippen molar-refractivity contribution in [2.45, 2.75) is 22.1 Å². The fourth-order valence-electron chi connectivity index (χ4n) is 3.68. The number of hydrogen-bond donors (Lipinski definition) is 0. The fourth-order valence-corrected chi connectivity index (χ4v) is 11.8. The molecule has 3 heteroatoms. The third kappa shape index (κ3) is 6.18. The molecule has 0 bridgehead atoms. The normalized spacial score (nSPS) is 11.2. The van der Waals surface area contributed by atoms with Crippen LogP contribution in [0.5, 0.6) is 11.5 Å². The standard InChI is InChI=1S/2C7H8O.2C7H7.Zr/c2*1-6-2-4-7(8)5-3-6;2*1-7-5-3-2-4-6-7;/h2*2-5,8H,1H3;2*2-6H,1H2;/q;;;;+2/p-2. The van der Waals surface area contributed by atoms with E-state index in [1.54, 1.807) is 0 Å². The third-order valence-corrected chi connectivity index (χ3v) is 12.9. The molecule has 0 amide bonds. The molecule has 0 heterocycles. The first-order valence-electron chi connectivity index (χ1n) is 10.7. The first-order chi connectivity index (χ1) is 15.1. The summed E-state index contributed by atoms with van der Waals surface area (Å²) in [7, 11) is 0. The Balaban J connectivity index is 1.76. The van der Waals surface area contributed by atoms with E-state index in [0.717, 1.165) is 19.8 Å². The summed E-state index contributed by atoms with van der Waals surface area (Å²) >= 11 is -3.77. The van der Waals surface area contributed by atoms with Crippen LogP contribution in [0, 0.1) is 13.8 Å². The summed E-state index contributed by atoms with van der Waals surface area (Å²) < 4.78 is 15.4. The van der Waals surface area contributed by atoms with Gasteiger partial charge < -0.3 is 0 Å². The predicted molar refractivity (Wildman–Crippen MR) is 124 cm³/mol. The summed E-state index contributed by atoms with van der Waals surface area (Å²) in [5, 5.41) is 0. The summed E-state index contributed by atoms with van der Waals surface area (Å²) in [6, 6.07) is 37.8. The number of rotatable bonds is 8. The van der Waals surface area contributed by atoms with Crippen LogP contribution >= 0.6 is 0 Å². The van der Waals surface area contributed by atoms with Gasteiger partial charge in [-0.25, -0.2) is 0 Å². The molecule has 0 aliphatic heterocycles. The number of hydrogen-bond acceptors (Lipinski definition) is 2. The molecule has 0 aliphatic carbocycles. The monoisotopic (exact) mass is 486 g/mol. The quantitative estimate of drug-likeness (QED) is 0.263. The van der Waals surface area contributed by atoms with E-state index in [1.165, 1.54) is 22.3 Å². The minimum atomic E-state index is -3.77. The van der Waals surface area contributed by atoms with E-state index in [1.807, 2.05) is 0 Å². The summed E-state index contributed by atoms with van der Waals surface area (Å²) in [4.78, 5) is 0. The van der Waals surface area contributed by atoms with Crippen molar-refractivity contribution in [2.24, 2.45) is 0 Å². The van der Waals surface area contributed by atoms with E-state index in [4.69, 9.17) is 5.63 Å². The van der Waals surface area contributed by atoms with Gasteiger partial charge in [0.25, 0.3) is 0 Å². The van der Waals surface area contributed by atoms with Crippen LogP contribution in [0.15, 0.2) is 109 Å². The van der Waals surface area contributed by atoms with E-state index in [0.29, 0.717) is 0 Å². The molecule has 4 aromatic carbocycles. The van der Waals surface area contributed by atoms with Gasteiger partial charge in [0.15, 0.2) is 0 Å². The van der Waals surface area contributed by atoms with Crippen molar-refractivity contribution in [1.29, 1.82) is 0 Å². The van der Waals surface area contributed by atoms with Crippen LogP contribution in [-0.2, 0) is 29.4 Å². The maximum absolute atomic E-state index is 6.89. The summed E-state index contributed by atoms with van der Waals surface area (Å²) in [5.41, 5.74) is 4.96. The SMILES string of the molecule is Cc1ccc([O][Zr]([CH2]c2ccccc2)([CH2]c2ccccc2)[O]c2ccc(C)cc2)cc1. The van der Waals surface area contributed by atoms with Crippen LogP contribution in [-0.4, -0.2) is 0 Å². The molecule has 156 valence electrons. The van der Waals surface area contributed by atoms with E-state index >= 15 is 0 Å². The van der Waals surface area contributed by atoms with Crippen molar-refractivity contribution in [3.8, 4) is 11.5 Å². The second-order valence-electron chi connectivity index (χ2n) is 8.07. The molecular weight excluding hydrogens is 460 g/mol. The number of aryl methyl sites for hydroxylation is 2. The van der Waals surface area contributed by atoms with Crippen LogP contribution in [0.2, 0.25) is 0 Å². The molecule has 0 spiro atoms. The molecule has 0 atom stereocenters. The van der Waals surface area contributed by atoms with Gasteiger partial charge in [-0.3, -0.25) is 0 Å². The minimum absolute atomic E-state index is 0.826. The second kappa shape index (κ2) is 10.1. The predicted octanol–water partition coefficient (Wildman–Crippen LogP) is 7.15. The van der Waals surface area contributed by atoms with Crippen molar-refractivity contribution < 1.29 is 26.8 Å². The van der Waals surface area contributed by atoms with E-state index in [2.05, 4.69) is 123 Å². The van der Waals surface area contributed by atoms with Crippen molar-refractivity contribution >= 4 is 0 Å². The molecule has 0 radical (unpaired) electrons. The van der Waals surface area contributed by atoms with Crippen LogP contribution in [0.25, 0.3) is 0 Å². The molecule has 0 fully saturated rings. The molecule has 0 saturated heterocycles. The first-order valence-corrected chi connectivity index (χ1v) is 16.2. The van der Waals surface area contributed by atoms with Gasteiger partial charge in [0.2, 0.25) is 0 Å². The van der Waals surface area contributed by atoms with Crippen molar-refractivity contribution in [1.82, 2.24) is 0 Å². The van der Waals surface area contributed by atoms with Gasteiger partial charge in [-0.1, -0.05) is 0 Å². The Morgan fingerprint density at radius 1 is 0.484 bits per heavy atom. The third-order valence-electron chi connectivity index (χ3n) is 5.28. The molecular formula is C28H28O2Zr. The first kappa shape index (κ1) is 21.6. The molecule has 0 aliphatic rings. The Kier molecular flexibility index (Phi) is 7.04. The van der Waals surface area contributed by atoms with E-state index in [9.17, 15) is 0 Å². The summed E-state index contributed by atoms with van der Waals surface area (Å²) in [6.45, 7) is 4.19. The zero-order valence-corrected chi connectivity index (χ0v) is 20.6. The van der Waals surface area contributed by atoms with Crippen molar-refractivity contribution in [3.05, 3.63) is 131 Å². The van der Waals surface area contributed by atoms with Gasteiger partial charge >= 0.3 is 192 Å². The average Bonchev–Trinajstić information content (AvgIpc) is 2.78. The van der Waals surface area contributed by atoms with Crippen LogP contribution in [0.4, 0.5) is 0 Å². The average molecular weight is 488 g/mol. The van der Waals surface area contributed by atoms with E-state index < -0.39 is 21.1 Å². The van der Waals surface area contributed by atoms with Crippen LogP contribution in [0.1, 0.15) is 22.3 Å². The number of benzene rings is 4. The Morgan fingerprint density at radius 3 is 1.19 bits per heavy atom.